The van der Waals surface area contributed by atoms with Gasteiger partial charge in [0.05, 0.1) is 6.26 Å². The molecule has 2 saturated heterocycles. The van der Waals surface area contributed by atoms with Crippen molar-refractivity contribution >= 4 is 21.6 Å². The van der Waals surface area contributed by atoms with Gasteiger partial charge in [-0.15, -0.1) is 0 Å². The van der Waals surface area contributed by atoms with E-state index in [9.17, 15) is 13.2 Å². The lowest BCUT2D eigenvalue weighted by Gasteiger charge is -2.29. The largest absolute Gasteiger partial charge is 0.372 e. The van der Waals surface area contributed by atoms with Crippen molar-refractivity contribution in [2.45, 2.75) is 32.2 Å². The van der Waals surface area contributed by atoms with Crippen molar-refractivity contribution in [3.8, 4) is 0 Å². The van der Waals surface area contributed by atoms with Crippen molar-refractivity contribution < 1.29 is 13.2 Å². The van der Waals surface area contributed by atoms with Gasteiger partial charge in [0.15, 0.2) is 0 Å². The van der Waals surface area contributed by atoms with Crippen LogP contribution in [0.25, 0.3) is 0 Å². The number of rotatable bonds is 5. The number of amides is 1. The van der Waals surface area contributed by atoms with Gasteiger partial charge < -0.3 is 10.2 Å². The molecule has 0 aliphatic carbocycles. The van der Waals surface area contributed by atoms with E-state index in [1.165, 1.54) is 29.1 Å². The van der Waals surface area contributed by atoms with Crippen LogP contribution >= 0.6 is 0 Å². The summed E-state index contributed by atoms with van der Waals surface area (Å²) in [6.07, 6.45) is 4.92. The minimum Gasteiger partial charge on any atom is -0.372 e. The summed E-state index contributed by atoms with van der Waals surface area (Å²) in [4.78, 5) is 14.7. The van der Waals surface area contributed by atoms with Crippen LogP contribution in [-0.4, -0.2) is 51.1 Å². The summed E-state index contributed by atoms with van der Waals surface area (Å²) in [5, 5.41) is 2.99. The first-order valence-electron chi connectivity index (χ1n) is 9.00. The standard InChI is InChI=1S/C18H27N3O3S/c1-25(23,24)21-12-8-16(9-13-21)18(22)19-14-15-4-6-17(7-5-15)20-10-2-3-11-20/h4-7,16H,2-3,8-14H2,1H3,(H,19,22). The van der Waals surface area contributed by atoms with Crippen LogP contribution in [0.5, 0.6) is 0 Å². The molecule has 0 atom stereocenters. The molecule has 0 bridgehead atoms. The molecule has 0 aromatic heterocycles. The van der Waals surface area contributed by atoms with Gasteiger partial charge in [-0.3, -0.25) is 4.79 Å². The van der Waals surface area contributed by atoms with Gasteiger partial charge in [0.2, 0.25) is 15.9 Å². The second-order valence-electron chi connectivity index (χ2n) is 7.01. The van der Waals surface area contributed by atoms with Gasteiger partial charge in [-0.25, -0.2) is 12.7 Å². The van der Waals surface area contributed by atoms with E-state index in [0.29, 0.717) is 32.5 Å². The third kappa shape index (κ3) is 4.73. The Balaban J connectivity index is 1.46. The van der Waals surface area contributed by atoms with E-state index in [1.807, 2.05) is 0 Å². The number of sulfonamides is 1. The highest BCUT2D eigenvalue weighted by molar-refractivity contribution is 7.88. The molecular formula is C18H27N3O3S. The van der Waals surface area contributed by atoms with Gasteiger partial charge in [0.1, 0.15) is 0 Å². The van der Waals surface area contributed by atoms with Crippen molar-refractivity contribution in [2.24, 2.45) is 5.92 Å². The normalized spacial score (nSPS) is 20.0. The number of benzene rings is 1. The number of nitrogens with one attached hydrogen (secondary N) is 1. The highest BCUT2D eigenvalue weighted by atomic mass is 32.2. The molecule has 138 valence electrons. The Morgan fingerprint density at radius 1 is 1.08 bits per heavy atom. The predicted octanol–water partition coefficient (Wildman–Crippen LogP) is 1.57. The van der Waals surface area contributed by atoms with Crippen molar-refractivity contribution in [3.05, 3.63) is 29.8 Å². The molecule has 0 saturated carbocycles. The van der Waals surface area contributed by atoms with Crippen molar-refractivity contribution in [1.29, 1.82) is 0 Å². The Bertz CT molecular complexity index is 689. The molecule has 1 aromatic rings. The summed E-state index contributed by atoms with van der Waals surface area (Å²) in [6, 6.07) is 8.38. The lowest BCUT2D eigenvalue weighted by atomic mass is 9.97. The van der Waals surface area contributed by atoms with Crippen molar-refractivity contribution in [2.75, 3.05) is 37.3 Å². The van der Waals surface area contributed by atoms with Crippen LogP contribution in [0.4, 0.5) is 5.69 Å². The zero-order valence-electron chi connectivity index (χ0n) is 14.8. The van der Waals surface area contributed by atoms with Crippen LogP contribution in [0.15, 0.2) is 24.3 Å². The number of nitrogens with zero attached hydrogens (tertiary/aromatic N) is 2. The lowest BCUT2D eigenvalue weighted by molar-refractivity contribution is -0.126. The summed E-state index contributed by atoms with van der Waals surface area (Å²) in [7, 11) is -3.14. The van der Waals surface area contributed by atoms with Crippen molar-refractivity contribution in [3.63, 3.8) is 0 Å². The van der Waals surface area contributed by atoms with Gasteiger partial charge >= 0.3 is 0 Å². The summed E-state index contributed by atoms with van der Waals surface area (Å²) >= 11 is 0. The van der Waals surface area contributed by atoms with Crippen LogP contribution in [0.1, 0.15) is 31.2 Å². The molecule has 7 heteroatoms. The number of hydrogen-bond donors (Lipinski definition) is 1. The molecule has 25 heavy (non-hydrogen) atoms. The Kier molecular flexibility index (Phi) is 5.64. The summed E-state index contributed by atoms with van der Waals surface area (Å²) in [6.45, 7) is 3.64. The number of piperidine rings is 1. The fourth-order valence-electron chi connectivity index (χ4n) is 3.58. The summed E-state index contributed by atoms with van der Waals surface area (Å²) < 4.78 is 24.5. The zero-order chi connectivity index (χ0) is 17.9. The van der Waals surface area contributed by atoms with Crippen LogP contribution in [0, 0.1) is 5.92 Å². The fraction of sp³-hybridized carbons (Fsp3) is 0.611. The minimum absolute atomic E-state index is 0.0248. The Morgan fingerprint density at radius 2 is 1.68 bits per heavy atom. The van der Waals surface area contributed by atoms with Gasteiger partial charge in [0, 0.05) is 44.3 Å². The second kappa shape index (κ2) is 7.74. The van der Waals surface area contributed by atoms with E-state index < -0.39 is 10.0 Å². The molecule has 2 aliphatic rings. The molecule has 2 aliphatic heterocycles. The molecule has 1 amide bonds. The fourth-order valence-corrected chi connectivity index (χ4v) is 4.46. The summed E-state index contributed by atoms with van der Waals surface area (Å²) in [5.74, 6) is -0.0707. The summed E-state index contributed by atoms with van der Waals surface area (Å²) in [5.41, 5.74) is 2.34. The zero-order valence-corrected chi connectivity index (χ0v) is 15.6. The first-order valence-corrected chi connectivity index (χ1v) is 10.8. The Morgan fingerprint density at radius 3 is 2.24 bits per heavy atom. The van der Waals surface area contributed by atoms with Crippen LogP contribution < -0.4 is 10.2 Å². The molecule has 0 radical (unpaired) electrons. The maximum absolute atomic E-state index is 12.3. The number of carbonyl (C=O) groups is 1. The van der Waals surface area contributed by atoms with E-state index in [1.54, 1.807) is 0 Å². The van der Waals surface area contributed by atoms with Crippen LogP contribution in [0.2, 0.25) is 0 Å². The third-order valence-corrected chi connectivity index (χ3v) is 6.47. The number of anilines is 1. The predicted molar refractivity (Wildman–Crippen MR) is 98.9 cm³/mol. The Labute approximate surface area is 150 Å². The molecule has 6 nitrogen and oxygen atoms in total. The topological polar surface area (TPSA) is 69.7 Å². The maximum atomic E-state index is 12.3. The average Bonchev–Trinajstić information content (AvgIpc) is 3.14. The van der Waals surface area contributed by atoms with E-state index in [-0.39, 0.29) is 11.8 Å². The third-order valence-electron chi connectivity index (χ3n) is 5.17. The molecule has 1 N–H and O–H groups in total. The molecule has 1 aromatic carbocycles. The smallest absolute Gasteiger partial charge is 0.223 e. The van der Waals surface area contributed by atoms with E-state index in [2.05, 4.69) is 34.5 Å². The molecule has 2 fully saturated rings. The lowest BCUT2D eigenvalue weighted by Crippen LogP contribution is -2.42. The van der Waals surface area contributed by atoms with Gasteiger partial charge in [-0.05, 0) is 43.4 Å². The monoisotopic (exact) mass is 365 g/mol. The molecular weight excluding hydrogens is 338 g/mol. The quantitative estimate of drug-likeness (QED) is 0.860. The second-order valence-corrected chi connectivity index (χ2v) is 9.00. The molecule has 2 heterocycles. The number of carbonyl (C=O) groups excluding carboxylic acids is 1. The van der Waals surface area contributed by atoms with E-state index in [4.69, 9.17) is 0 Å². The van der Waals surface area contributed by atoms with Gasteiger partial charge in [0.25, 0.3) is 0 Å². The highest BCUT2D eigenvalue weighted by Gasteiger charge is 2.28. The Hall–Kier alpha value is -1.60. The first-order chi connectivity index (χ1) is 11.9. The SMILES string of the molecule is CS(=O)(=O)N1CCC(C(=O)NCc2ccc(N3CCCC3)cc2)CC1. The molecule has 0 spiro atoms. The van der Waals surface area contributed by atoms with Gasteiger partial charge in [-0.2, -0.15) is 0 Å². The van der Waals surface area contributed by atoms with E-state index >= 15 is 0 Å². The van der Waals surface area contributed by atoms with Crippen LogP contribution in [0.3, 0.4) is 0 Å². The van der Waals surface area contributed by atoms with Crippen LogP contribution in [-0.2, 0) is 21.4 Å². The van der Waals surface area contributed by atoms with Crippen molar-refractivity contribution in [1.82, 2.24) is 9.62 Å². The van der Waals surface area contributed by atoms with Gasteiger partial charge in [-0.1, -0.05) is 12.1 Å². The molecule has 3 rings (SSSR count). The first kappa shape index (κ1) is 18.2. The van der Waals surface area contributed by atoms with E-state index in [0.717, 1.165) is 18.7 Å². The molecule has 0 unspecified atom stereocenters. The minimum atomic E-state index is -3.14. The highest BCUT2D eigenvalue weighted by Crippen LogP contribution is 2.21. The average molecular weight is 365 g/mol. The maximum Gasteiger partial charge on any atom is 0.223 e. The number of hydrogen-bond acceptors (Lipinski definition) is 4.